The molecule has 0 unspecified atom stereocenters. The van der Waals surface area contributed by atoms with Crippen molar-refractivity contribution in [2.75, 3.05) is 46.6 Å². The molecule has 1 aliphatic carbocycles. The Balaban J connectivity index is 1.19. The van der Waals surface area contributed by atoms with Crippen molar-refractivity contribution in [2.45, 2.75) is 25.3 Å². The minimum absolute atomic E-state index is 0.0249. The van der Waals surface area contributed by atoms with E-state index in [4.69, 9.17) is 18.9 Å². The first-order chi connectivity index (χ1) is 19.2. The lowest BCUT2D eigenvalue weighted by Gasteiger charge is -2.26. The van der Waals surface area contributed by atoms with Crippen LogP contribution < -0.4 is 19.5 Å². The third-order valence-corrected chi connectivity index (χ3v) is 7.20. The molecule has 0 spiro atoms. The number of carbonyl (C=O) groups is 1. The van der Waals surface area contributed by atoms with Crippen molar-refractivity contribution in [1.82, 2.24) is 15.2 Å². The van der Waals surface area contributed by atoms with Crippen LogP contribution in [0, 0.1) is 0 Å². The number of carbonyl (C=O) groups excluding carboxylic acids is 1. The number of rotatable bonds is 10. The number of amides is 1. The van der Waals surface area contributed by atoms with E-state index >= 15 is 0 Å². The van der Waals surface area contributed by atoms with Crippen molar-refractivity contribution in [3.63, 3.8) is 0 Å². The highest BCUT2D eigenvalue weighted by Gasteiger charge is 2.24. The molecule has 0 bridgehead atoms. The number of aromatic nitrogens is 1. The molecule has 1 amide bonds. The van der Waals surface area contributed by atoms with Crippen LogP contribution in [-0.2, 0) is 4.74 Å². The number of hydrogen-bond donors (Lipinski definition) is 1. The smallest absolute Gasteiger partial charge is 0.252 e. The van der Waals surface area contributed by atoms with Crippen LogP contribution in [0.2, 0.25) is 0 Å². The predicted molar refractivity (Wildman–Crippen MR) is 150 cm³/mol. The lowest BCUT2D eigenvalue weighted by Crippen LogP contribution is -2.37. The molecule has 1 N–H and O–H groups in total. The van der Waals surface area contributed by atoms with Crippen LogP contribution in [0.25, 0.3) is 21.7 Å². The topological polar surface area (TPSA) is 82.2 Å². The number of fused-ring (bicyclic) bond motifs is 2. The van der Waals surface area contributed by atoms with E-state index in [0.29, 0.717) is 41.2 Å². The molecule has 1 aliphatic heterocycles. The molecule has 202 valence electrons. The number of hydrogen-bond acceptors (Lipinski definition) is 7. The third kappa shape index (κ3) is 5.92. The van der Waals surface area contributed by atoms with Crippen LogP contribution in [0.5, 0.6) is 23.0 Å². The average molecular weight is 528 g/mol. The maximum atomic E-state index is 12.7. The monoisotopic (exact) mass is 527 g/mol. The van der Waals surface area contributed by atoms with E-state index in [2.05, 4.69) is 15.2 Å². The Kier molecular flexibility index (Phi) is 7.47. The van der Waals surface area contributed by atoms with Crippen LogP contribution >= 0.6 is 0 Å². The van der Waals surface area contributed by atoms with Crippen molar-refractivity contribution in [3.05, 3.63) is 66.4 Å². The van der Waals surface area contributed by atoms with Gasteiger partial charge in [-0.15, -0.1) is 0 Å². The summed E-state index contributed by atoms with van der Waals surface area (Å²) in [6, 6.07) is 17.5. The Hall–Kier alpha value is -3.88. The van der Waals surface area contributed by atoms with Gasteiger partial charge in [0.1, 0.15) is 11.5 Å². The summed E-state index contributed by atoms with van der Waals surface area (Å²) < 4.78 is 23.5. The average Bonchev–Trinajstić information content (AvgIpc) is 3.79. The van der Waals surface area contributed by atoms with E-state index in [9.17, 15) is 4.79 Å². The normalized spacial score (nSPS) is 15.8. The molecule has 3 aromatic carbocycles. The molecule has 6 rings (SSSR count). The summed E-state index contributed by atoms with van der Waals surface area (Å²) in [5.74, 6) is 2.62. The van der Waals surface area contributed by atoms with E-state index < -0.39 is 0 Å². The molecule has 1 aromatic heterocycles. The molecule has 1 saturated carbocycles. The van der Waals surface area contributed by atoms with Crippen molar-refractivity contribution in [2.24, 2.45) is 0 Å². The Morgan fingerprint density at radius 1 is 1.03 bits per heavy atom. The number of benzene rings is 3. The Bertz CT molecular complexity index is 1480. The zero-order chi connectivity index (χ0) is 26.6. The van der Waals surface area contributed by atoms with Crippen molar-refractivity contribution < 1.29 is 23.7 Å². The zero-order valence-electron chi connectivity index (χ0n) is 22.2. The Labute approximate surface area is 227 Å². The lowest BCUT2D eigenvalue weighted by atomic mass is 10.0. The molecule has 8 nitrogen and oxygen atoms in total. The van der Waals surface area contributed by atoms with Gasteiger partial charge in [-0.1, -0.05) is 12.1 Å². The van der Waals surface area contributed by atoms with Crippen LogP contribution in [0.1, 0.15) is 29.6 Å². The van der Waals surface area contributed by atoms with Gasteiger partial charge in [-0.25, -0.2) is 0 Å². The SMILES string of the molecule is COc1cc2c(Oc3ccc4c(C(=O)NC5CC5)cccc4c3)ccnc2cc1OCCCN1CCOCC1. The maximum Gasteiger partial charge on any atom is 0.252 e. The highest BCUT2D eigenvalue weighted by Crippen LogP contribution is 2.38. The van der Waals surface area contributed by atoms with E-state index in [1.807, 2.05) is 54.6 Å². The first-order valence-electron chi connectivity index (χ1n) is 13.6. The molecule has 4 aromatic rings. The van der Waals surface area contributed by atoms with E-state index in [1.165, 1.54) is 0 Å². The molecule has 1 saturated heterocycles. The third-order valence-electron chi connectivity index (χ3n) is 7.20. The standard InChI is InChI=1S/C31H33N3O5/c1-36-29-19-26-27(20-30(29)38-15-3-12-34-13-16-37-17-14-34)32-11-10-28(26)39-23-8-9-24-21(18-23)4-2-5-25(24)31(35)33-22-6-7-22/h2,4-5,8-11,18-20,22H,3,6-7,12-17H2,1H3,(H,33,35). The number of ether oxygens (including phenoxy) is 4. The van der Waals surface area contributed by atoms with Crippen LogP contribution in [0.4, 0.5) is 0 Å². The fourth-order valence-electron chi connectivity index (χ4n) is 4.93. The predicted octanol–water partition coefficient (Wildman–Crippen LogP) is 5.18. The molecule has 8 heteroatoms. The number of methoxy groups -OCH3 is 1. The first-order valence-corrected chi connectivity index (χ1v) is 13.6. The minimum atomic E-state index is -0.0249. The largest absolute Gasteiger partial charge is 0.493 e. The zero-order valence-corrected chi connectivity index (χ0v) is 22.2. The van der Waals surface area contributed by atoms with Crippen LogP contribution in [0.15, 0.2) is 60.8 Å². The van der Waals surface area contributed by atoms with E-state index in [-0.39, 0.29) is 5.91 Å². The second kappa shape index (κ2) is 11.5. The molecule has 39 heavy (non-hydrogen) atoms. The second-order valence-corrected chi connectivity index (χ2v) is 10.0. The summed E-state index contributed by atoms with van der Waals surface area (Å²) in [5.41, 5.74) is 1.44. The van der Waals surface area contributed by atoms with Gasteiger partial charge in [-0.05, 0) is 66.4 Å². The van der Waals surface area contributed by atoms with Gasteiger partial charge in [0.05, 0.1) is 32.4 Å². The fourth-order valence-corrected chi connectivity index (χ4v) is 4.93. The van der Waals surface area contributed by atoms with E-state index in [0.717, 1.165) is 73.8 Å². The minimum Gasteiger partial charge on any atom is -0.493 e. The molecular weight excluding hydrogens is 494 g/mol. The first kappa shape index (κ1) is 25.4. The summed E-state index contributed by atoms with van der Waals surface area (Å²) in [5, 5.41) is 5.75. The molecule has 2 aliphatic rings. The van der Waals surface area contributed by atoms with Gasteiger partial charge >= 0.3 is 0 Å². The molecule has 0 atom stereocenters. The molecule has 2 fully saturated rings. The van der Waals surface area contributed by atoms with Gasteiger partial charge in [-0.2, -0.15) is 0 Å². The quantitative estimate of drug-likeness (QED) is 0.285. The number of nitrogens with one attached hydrogen (secondary N) is 1. The van der Waals surface area contributed by atoms with Crippen molar-refractivity contribution in [1.29, 1.82) is 0 Å². The van der Waals surface area contributed by atoms with Crippen LogP contribution in [0.3, 0.4) is 0 Å². The van der Waals surface area contributed by atoms with Gasteiger partial charge in [-0.3, -0.25) is 14.7 Å². The Morgan fingerprint density at radius 2 is 1.90 bits per heavy atom. The summed E-state index contributed by atoms with van der Waals surface area (Å²) in [6.45, 7) is 5.11. The second-order valence-electron chi connectivity index (χ2n) is 10.0. The highest BCUT2D eigenvalue weighted by molar-refractivity contribution is 6.07. The number of morpholine rings is 1. The van der Waals surface area contributed by atoms with Gasteiger partial charge in [0.25, 0.3) is 5.91 Å². The van der Waals surface area contributed by atoms with Gasteiger partial charge in [0.2, 0.25) is 0 Å². The lowest BCUT2D eigenvalue weighted by molar-refractivity contribution is 0.0357. The number of nitrogens with zero attached hydrogens (tertiary/aromatic N) is 2. The molecule has 2 heterocycles. The molecular formula is C31H33N3O5. The Morgan fingerprint density at radius 3 is 2.72 bits per heavy atom. The van der Waals surface area contributed by atoms with Crippen molar-refractivity contribution in [3.8, 4) is 23.0 Å². The summed E-state index contributed by atoms with van der Waals surface area (Å²) in [6.07, 6.45) is 4.76. The maximum absolute atomic E-state index is 12.7. The number of pyridine rings is 1. The van der Waals surface area contributed by atoms with Gasteiger partial charge < -0.3 is 24.3 Å². The fraction of sp³-hybridized carbons (Fsp3) is 0.355. The van der Waals surface area contributed by atoms with Gasteiger partial charge in [0.15, 0.2) is 11.5 Å². The highest BCUT2D eigenvalue weighted by atomic mass is 16.5. The van der Waals surface area contributed by atoms with Gasteiger partial charge in [0, 0.05) is 48.9 Å². The molecule has 0 radical (unpaired) electrons. The summed E-state index contributed by atoms with van der Waals surface area (Å²) >= 11 is 0. The summed E-state index contributed by atoms with van der Waals surface area (Å²) in [7, 11) is 1.64. The van der Waals surface area contributed by atoms with E-state index in [1.54, 1.807) is 13.3 Å². The van der Waals surface area contributed by atoms with Crippen molar-refractivity contribution >= 4 is 27.6 Å². The van der Waals surface area contributed by atoms with Crippen LogP contribution in [-0.4, -0.2) is 68.4 Å². The summed E-state index contributed by atoms with van der Waals surface area (Å²) in [4.78, 5) is 19.6.